The Hall–Kier alpha value is -4.27. The highest BCUT2D eigenvalue weighted by molar-refractivity contribution is 6.74. The van der Waals surface area contributed by atoms with Gasteiger partial charge in [-0.2, -0.15) is 18.4 Å². The summed E-state index contributed by atoms with van der Waals surface area (Å²) < 4.78 is 56.3. The van der Waals surface area contributed by atoms with Crippen molar-refractivity contribution in [1.82, 2.24) is 19.7 Å². The molecule has 0 N–H and O–H groups in total. The van der Waals surface area contributed by atoms with Gasteiger partial charge in [-0.15, -0.1) is 10.2 Å². The van der Waals surface area contributed by atoms with E-state index in [1.807, 2.05) is 12.1 Å². The number of oxazole rings is 1. The van der Waals surface area contributed by atoms with Crippen molar-refractivity contribution >= 4 is 19.4 Å². The van der Waals surface area contributed by atoms with Crippen LogP contribution in [0.2, 0.25) is 18.1 Å². The van der Waals surface area contributed by atoms with Crippen molar-refractivity contribution in [1.29, 1.82) is 5.26 Å². The highest BCUT2D eigenvalue weighted by Gasteiger charge is 2.38. The number of hydrogen-bond donors (Lipinski definition) is 0. The van der Waals surface area contributed by atoms with Gasteiger partial charge in [0.2, 0.25) is 5.89 Å². The molecule has 0 saturated heterocycles. The van der Waals surface area contributed by atoms with Crippen LogP contribution in [0.5, 0.6) is 0 Å². The maximum Gasteiger partial charge on any atom is 0.420 e. The van der Waals surface area contributed by atoms with E-state index in [1.54, 1.807) is 54.3 Å². The van der Waals surface area contributed by atoms with E-state index < -0.39 is 20.1 Å². The molecule has 2 aromatic heterocycles. The zero-order chi connectivity index (χ0) is 30.4. The molecule has 0 radical (unpaired) electrons. The first-order valence-corrected chi connectivity index (χ1v) is 16.2. The van der Waals surface area contributed by atoms with Crippen LogP contribution in [0.25, 0.3) is 45.1 Å². The summed E-state index contributed by atoms with van der Waals surface area (Å²) in [6.45, 7) is 10.4. The largest absolute Gasteiger partial charge is 0.435 e. The van der Waals surface area contributed by atoms with Crippen molar-refractivity contribution in [3.05, 3.63) is 77.6 Å². The minimum absolute atomic E-state index is 0.0523. The molecule has 0 aliphatic rings. The van der Waals surface area contributed by atoms with Crippen LogP contribution in [0, 0.1) is 11.3 Å². The van der Waals surface area contributed by atoms with Gasteiger partial charge in [-0.3, -0.25) is 0 Å². The van der Waals surface area contributed by atoms with E-state index in [1.165, 1.54) is 0 Å². The van der Waals surface area contributed by atoms with Gasteiger partial charge >= 0.3 is 6.18 Å². The van der Waals surface area contributed by atoms with Crippen molar-refractivity contribution < 1.29 is 22.0 Å². The van der Waals surface area contributed by atoms with E-state index in [2.05, 4.69) is 55.1 Å². The van der Waals surface area contributed by atoms with E-state index in [9.17, 15) is 18.4 Å². The van der Waals surface area contributed by atoms with Crippen LogP contribution in [0.3, 0.4) is 0 Å². The first-order chi connectivity index (χ1) is 19.7. The van der Waals surface area contributed by atoms with Crippen molar-refractivity contribution in [2.24, 2.45) is 7.05 Å². The van der Waals surface area contributed by atoms with E-state index in [0.717, 1.165) is 17.2 Å². The molecule has 0 atom stereocenters. The fraction of sp³-hybridized carbons (Fsp3) is 0.290. The van der Waals surface area contributed by atoms with E-state index >= 15 is 0 Å². The van der Waals surface area contributed by atoms with Gasteiger partial charge in [-0.25, -0.2) is 4.98 Å². The molecule has 0 amide bonds. The van der Waals surface area contributed by atoms with Gasteiger partial charge in [0.1, 0.15) is 17.4 Å². The number of benzene rings is 3. The standard InChI is InChI=1S/C31H30F3N5O2Si/c1-30(2,3)42(5,6)40-17-20-13-25(31(32,33)34)27-26(14-20)37-29(41-27)22-9-7-8-21(15-22)23-11-10-19(16-35)12-24(23)28-38-36-18-39(28)4/h7-15,18H,17H2,1-6H3. The zero-order valence-corrected chi connectivity index (χ0v) is 25.2. The van der Waals surface area contributed by atoms with Crippen LogP contribution in [0.4, 0.5) is 13.2 Å². The van der Waals surface area contributed by atoms with Gasteiger partial charge < -0.3 is 13.4 Å². The van der Waals surface area contributed by atoms with Crippen LogP contribution in [-0.2, 0) is 24.3 Å². The van der Waals surface area contributed by atoms with Crippen molar-refractivity contribution in [2.75, 3.05) is 0 Å². The van der Waals surface area contributed by atoms with Crippen molar-refractivity contribution in [3.63, 3.8) is 0 Å². The molecular weight excluding hydrogens is 559 g/mol. The average molecular weight is 590 g/mol. The Morgan fingerprint density at radius 1 is 1.00 bits per heavy atom. The third kappa shape index (κ3) is 5.60. The molecule has 3 aromatic carbocycles. The minimum Gasteiger partial charge on any atom is -0.435 e. The maximum absolute atomic E-state index is 14.2. The molecule has 0 fully saturated rings. The molecule has 0 aliphatic heterocycles. The lowest BCUT2D eigenvalue weighted by Crippen LogP contribution is -2.40. The van der Waals surface area contributed by atoms with Gasteiger partial charge in [0.25, 0.3) is 0 Å². The van der Waals surface area contributed by atoms with Gasteiger partial charge in [0, 0.05) is 18.2 Å². The summed E-state index contributed by atoms with van der Waals surface area (Å²) in [4.78, 5) is 4.48. The quantitative estimate of drug-likeness (QED) is 0.185. The van der Waals surface area contributed by atoms with E-state index in [-0.39, 0.29) is 28.6 Å². The Balaban J connectivity index is 1.58. The Morgan fingerprint density at radius 2 is 1.74 bits per heavy atom. The van der Waals surface area contributed by atoms with E-state index in [4.69, 9.17) is 8.84 Å². The van der Waals surface area contributed by atoms with Crippen LogP contribution < -0.4 is 0 Å². The minimum atomic E-state index is -4.64. The second-order valence-corrected chi connectivity index (χ2v) is 16.6. The highest BCUT2D eigenvalue weighted by atomic mass is 28.4. The summed E-state index contributed by atoms with van der Waals surface area (Å²) in [5, 5.41) is 17.5. The molecule has 7 nitrogen and oxygen atoms in total. The predicted octanol–water partition coefficient (Wildman–Crippen LogP) is 8.37. The molecule has 0 saturated carbocycles. The Morgan fingerprint density at radius 3 is 2.38 bits per heavy atom. The number of aromatic nitrogens is 4. The van der Waals surface area contributed by atoms with Crippen LogP contribution in [-0.4, -0.2) is 28.1 Å². The molecule has 5 rings (SSSR count). The summed E-state index contributed by atoms with van der Waals surface area (Å²) in [6, 6.07) is 17.2. The van der Waals surface area contributed by atoms with Crippen molar-refractivity contribution in [3.8, 4) is 40.0 Å². The number of rotatable bonds is 6. The van der Waals surface area contributed by atoms with Gasteiger partial charge in [0.15, 0.2) is 19.7 Å². The molecule has 5 aromatic rings. The lowest BCUT2D eigenvalue weighted by Gasteiger charge is -2.36. The second-order valence-electron chi connectivity index (χ2n) is 11.8. The molecule has 216 valence electrons. The normalized spacial score (nSPS) is 12.6. The average Bonchev–Trinajstić information content (AvgIpc) is 3.56. The fourth-order valence-corrected chi connectivity index (χ4v) is 5.35. The molecule has 0 bridgehead atoms. The number of nitriles is 1. The molecule has 0 aliphatic carbocycles. The third-order valence-corrected chi connectivity index (χ3v) is 12.3. The summed E-state index contributed by atoms with van der Waals surface area (Å²) in [5.41, 5.74) is 2.45. The number of nitrogens with zero attached hydrogens (tertiary/aromatic N) is 5. The fourth-order valence-electron chi connectivity index (χ4n) is 4.39. The summed E-state index contributed by atoms with van der Waals surface area (Å²) in [7, 11) is -0.389. The maximum atomic E-state index is 14.2. The van der Waals surface area contributed by atoms with Gasteiger partial charge in [0.05, 0.1) is 18.2 Å². The summed E-state index contributed by atoms with van der Waals surface area (Å²) >= 11 is 0. The second kappa shape index (κ2) is 10.5. The first kappa shape index (κ1) is 29.2. The topological polar surface area (TPSA) is 89.8 Å². The molecule has 42 heavy (non-hydrogen) atoms. The zero-order valence-electron chi connectivity index (χ0n) is 24.2. The highest BCUT2D eigenvalue weighted by Crippen LogP contribution is 2.41. The Kier molecular flexibility index (Phi) is 7.33. The molecule has 11 heteroatoms. The van der Waals surface area contributed by atoms with Crippen molar-refractivity contribution in [2.45, 2.75) is 51.7 Å². The van der Waals surface area contributed by atoms with Crippen LogP contribution in [0.1, 0.15) is 37.5 Å². The van der Waals surface area contributed by atoms with Crippen LogP contribution >= 0.6 is 0 Å². The monoisotopic (exact) mass is 589 g/mol. The van der Waals surface area contributed by atoms with Gasteiger partial charge in [-0.05, 0) is 71.2 Å². The Labute approximate surface area is 242 Å². The van der Waals surface area contributed by atoms with Crippen LogP contribution in [0.15, 0.2) is 65.3 Å². The lowest BCUT2D eigenvalue weighted by atomic mass is 9.96. The number of aryl methyl sites for hydroxylation is 1. The summed E-state index contributed by atoms with van der Waals surface area (Å²) in [6.07, 6.45) is -3.08. The van der Waals surface area contributed by atoms with E-state index in [0.29, 0.717) is 28.1 Å². The Bertz CT molecular complexity index is 1830. The third-order valence-electron chi connectivity index (χ3n) is 7.78. The number of fused-ring (bicyclic) bond motifs is 1. The first-order valence-electron chi connectivity index (χ1n) is 13.3. The molecular formula is C31H30F3N5O2Si. The smallest absolute Gasteiger partial charge is 0.420 e. The number of hydrogen-bond acceptors (Lipinski definition) is 6. The molecule has 0 spiro atoms. The summed E-state index contributed by atoms with van der Waals surface area (Å²) in [5.74, 6) is 0.630. The molecule has 2 heterocycles. The lowest BCUT2D eigenvalue weighted by molar-refractivity contribution is -0.136. The SMILES string of the molecule is Cn1cnnc1-c1cc(C#N)ccc1-c1cccc(-c2nc3cc(CO[Si](C)(C)C(C)(C)C)cc(C(F)(F)F)c3o2)c1. The number of halogens is 3. The van der Waals surface area contributed by atoms with Gasteiger partial charge in [-0.1, -0.05) is 39.0 Å². The molecule has 0 unspecified atom stereocenters. The predicted molar refractivity (Wildman–Crippen MR) is 157 cm³/mol. The number of alkyl halides is 3.